The summed E-state index contributed by atoms with van der Waals surface area (Å²) in [6, 6.07) is 1.75. The van der Waals surface area contributed by atoms with E-state index in [4.69, 9.17) is 21.1 Å². The van der Waals surface area contributed by atoms with Crippen LogP contribution in [0.5, 0.6) is 0 Å². The molecule has 2 aliphatic rings. The van der Waals surface area contributed by atoms with E-state index < -0.39 is 0 Å². The van der Waals surface area contributed by atoms with E-state index in [2.05, 4.69) is 9.97 Å². The van der Waals surface area contributed by atoms with Crippen molar-refractivity contribution in [3.05, 3.63) is 22.7 Å². The average Bonchev–Trinajstić information content (AvgIpc) is 2.90. The van der Waals surface area contributed by atoms with Crippen LogP contribution in [0.15, 0.2) is 6.07 Å². The van der Waals surface area contributed by atoms with Crippen molar-refractivity contribution in [3.63, 3.8) is 0 Å². The van der Waals surface area contributed by atoms with Gasteiger partial charge in [-0.15, -0.1) is 0 Å². The maximum absolute atomic E-state index is 6.02. The number of methoxy groups -OCH3 is 1. The molecule has 1 aromatic rings. The Labute approximate surface area is 105 Å². The van der Waals surface area contributed by atoms with E-state index in [9.17, 15) is 0 Å². The summed E-state index contributed by atoms with van der Waals surface area (Å²) in [7, 11) is 1.65. The summed E-state index contributed by atoms with van der Waals surface area (Å²) in [5.41, 5.74) is 0.838. The minimum atomic E-state index is 0.286. The highest BCUT2D eigenvalue weighted by Gasteiger charge is 2.43. The summed E-state index contributed by atoms with van der Waals surface area (Å²) < 4.78 is 10.9. The molecule has 2 saturated heterocycles. The molecule has 0 aliphatic carbocycles. The van der Waals surface area contributed by atoms with Crippen LogP contribution in [0.25, 0.3) is 0 Å². The molecule has 0 radical (unpaired) electrons. The second-order valence-corrected chi connectivity index (χ2v) is 5.08. The van der Waals surface area contributed by atoms with Crippen LogP contribution in [0, 0.1) is 0 Å². The lowest BCUT2D eigenvalue weighted by Crippen LogP contribution is -2.18. The molecule has 2 fully saturated rings. The topological polar surface area (TPSA) is 44.2 Å². The first kappa shape index (κ1) is 11.4. The lowest BCUT2D eigenvalue weighted by Gasteiger charge is -2.17. The predicted molar refractivity (Wildman–Crippen MR) is 63.0 cm³/mol. The lowest BCUT2D eigenvalue weighted by molar-refractivity contribution is 0.0998. The fourth-order valence-corrected chi connectivity index (χ4v) is 2.99. The molecule has 1 aromatic heterocycles. The molecule has 3 heterocycles. The molecule has 0 aromatic carbocycles. The third-order valence-corrected chi connectivity index (χ3v) is 3.69. The van der Waals surface area contributed by atoms with E-state index >= 15 is 0 Å². The smallest absolute Gasteiger partial charge is 0.136 e. The Kier molecular flexibility index (Phi) is 3.03. The first-order valence-electron chi connectivity index (χ1n) is 5.94. The molecule has 5 heteroatoms. The minimum absolute atomic E-state index is 0.286. The molecule has 4 nitrogen and oxygen atoms in total. The van der Waals surface area contributed by atoms with Gasteiger partial charge in [0, 0.05) is 13.0 Å². The van der Waals surface area contributed by atoms with Crippen LogP contribution >= 0.6 is 11.6 Å². The zero-order valence-electron chi connectivity index (χ0n) is 9.73. The van der Waals surface area contributed by atoms with Crippen LogP contribution in [0.2, 0.25) is 5.15 Å². The van der Waals surface area contributed by atoms with Crippen LogP contribution < -0.4 is 0 Å². The van der Waals surface area contributed by atoms with Gasteiger partial charge < -0.3 is 9.47 Å². The van der Waals surface area contributed by atoms with Gasteiger partial charge in [-0.1, -0.05) is 11.6 Å². The molecule has 3 rings (SSSR count). The molecule has 0 N–H and O–H groups in total. The van der Waals surface area contributed by atoms with E-state index in [1.54, 1.807) is 13.2 Å². The second kappa shape index (κ2) is 4.52. The summed E-state index contributed by atoms with van der Waals surface area (Å²) in [5, 5.41) is 0.491. The van der Waals surface area contributed by atoms with Crippen molar-refractivity contribution >= 4 is 11.6 Å². The van der Waals surface area contributed by atoms with Crippen molar-refractivity contribution in [2.75, 3.05) is 7.11 Å². The van der Waals surface area contributed by atoms with Gasteiger partial charge >= 0.3 is 0 Å². The lowest BCUT2D eigenvalue weighted by atomic mass is 9.88. The molecule has 0 saturated carbocycles. The fraction of sp³-hybridized carbons (Fsp3) is 0.667. The van der Waals surface area contributed by atoms with Gasteiger partial charge in [0.2, 0.25) is 0 Å². The number of nitrogens with zero attached hydrogens (tertiary/aromatic N) is 2. The van der Waals surface area contributed by atoms with E-state index in [1.165, 1.54) is 6.42 Å². The predicted octanol–water partition coefficient (Wildman–Crippen LogP) is 2.31. The van der Waals surface area contributed by atoms with Crippen LogP contribution in [-0.4, -0.2) is 29.3 Å². The molecule has 2 bridgehead atoms. The Morgan fingerprint density at radius 1 is 1.47 bits per heavy atom. The Morgan fingerprint density at radius 3 is 3.00 bits per heavy atom. The first-order valence-corrected chi connectivity index (χ1v) is 6.32. The number of fused-ring (bicyclic) bond motifs is 2. The maximum Gasteiger partial charge on any atom is 0.136 e. The third kappa shape index (κ3) is 2.17. The second-order valence-electron chi connectivity index (χ2n) is 4.69. The van der Waals surface area contributed by atoms with Gasteiger partial charge in [0.05, 0.1) is 24.5 Å². The van der Waals surface area contributed by atoms with Gasteiger partial charge in [-0.25, -0.2) is 9.97 Å². The van der Waals surface area contributed by atoms with Crippen molar-refractivity contribution in [1.82, 2.24) is 9.97 Å². The quantitative estimate of drug-likeness (QED) is 0.777. The fourth-order valence-electron chi connectivity index (χ4n) is 2.78. The summed E-state index contributed by atoms with van der Waals surface area (Å²) >= 11 is 6.02. The Balaban J connectivity index is 1.87. The highest BCUT2D eigenvalue weighted by molar-refractivity contribution is 6.29. The van der Waals surface area contributed by atoms with E-state index in [0.717, 1.165) is 24.4 Å². The highest BCUT2D eigenvalue weighted by Crippen LogP contribution is 2.43. The Hall–Kier alpha value is -0.710. The molecular formula is C12H15ClN2O2. The van der Waals surface area contributed by atoms with E-state index in [-0.39, 0.29) is 6.10 Å². The Bertz CT molecular complexity index is 427. The van der Waals surface area contributed by atoms with Gasteiger partial charge in [-0.3, -0.25) is 0 Å². The van der Waals surface area contributed by atoms with Gasteiger partial charge in [-0.2, -0.15) is 0 Å². The van der Waals surface area contributed by atoms with Gasteiger partial charge in [0.1, 0.15) is 11.0 Å². The zero-order chi connectivity index (χ0) is 11.8. The van der Waals surface area contributed by atoms with Crippen LogP contribution in [0.3, 0.4) is 0 Å². The SMILES string of the molecule is COCc1cc(Cl)nc(C2CC3CCC2O3)n1. The zero-order valence-corrected chi connectivity index (χ0v) is 10.5. The van der Waals surface area contributed by atoms with Crippen molar-refractivity contribution in [1.29, 1.82) is 0 Å². The normalized spacial score (nSPS) is 31.1. The average molecular weight is 255 g/mol. The summed E-state index contributed by atoms with van der Waals surface area (Å²) in [5.74, 6) is 1.12. The van der Waals surface area contributed by atoms with Gasteiger partial charge in [-0.05, 0) is 25.3 Å². The first-order chi connectivity index (χ1) is 8.26. The molecule has 0 spiro atoms. The number of hydrogen-bond acceptors (Lipinski definition) is 4. The van der Waals surface area contributed by atoms with Crippen LogP contribution in [0.4, 0.5) is 0 Å². The monoisotopic (exact) mass is 254 g/mol. The largest absolute Gasteiger partial charge is 0.378 e. The number of rotatable bonds is 3. The van der Waals surface area contributed by atoms with Crippen molar-refractivity contribution in [2.45, 2.75) is 44.0 Å². The minimum Gasteiger partial charge on any atom is -0.378 e. The number of hydrogen-bond donors (Lipinski definition) is 0. The summed E-state index contributed by atoms with van der Waals surface area (Å²) in [4.78, 5) is 8.86. The van der Waals surface area contributed by atoms with E-state index in [0.29, 0.717) is 23.8 Å². The van der Waals surface area contributed by atoms with Crippen molar-refractivity contribution in [2.24, 2.45) is 0 Å². The van der Waals surface area contributed by atoms with Gasteiger partial charge in [0.25, 0.3) is 0 Å². The highest BCUT2D eigenvalue weighted by atomic mass is 35.5. The molecule has 3 atom stereocenters. The van der Waals surface area contributed by atoms with Crippen LogP contribution in [0.1, 0.15) is 36.7 Å². The Morgan fingerprint density at radius 2 is 2.35 bits per heavy atom. The number of ether oxygens (including phenoxy) is 2. The third-order valence-electron chi connectivity index (χ3n) is 3.50. The summed E-state index contributed by atoms with van der Waals surface area (Å²) in [6.45, 7) is 0.469. The maximum atomic E-state index is 6.02. The number of halogens is 1. The number of aromatic nitrogens is 2. The molecule has 92 valence electrons. The van der Waals surface area contributed by atoms with Crippen LogP contribution in [-0.2, 0) is 16.1 Å². The van der Waals surface area contributed by atoms with Crippen molar-refractivity contribution in [3.8, 4) is 0 Å². The molecule has 17 heavy (non-hydrogen) atoms. The molecule has 0 amide bonds. The van der Waals surface area contributed by atoms with Crippen molar-refractivity contribution < 1.29 is 9.47 Å². The molecule has 2 aliphatic heterocycles. The van der Waals surface area contributed by atoms with Gasteiger partial charge in [0.15, 0.2) is 0 Å². The summed E-state index contributed by atoms with van der Waals surface area (Å²) in [6.07, 6.45) is 4.00. The molecular weight excluding hydrogens is 240 g/mol. The van der Waals surface area contributed by atoms with E-state index in [1.807, 2.05) is 0 Å². The standard InChI is InChI=1S/C12H15ClN2O2/c1-16-6-7-4-11(13)15-12(14-7)9-5-8-2-3-10(9)17-8/h4,8-10H,2-3,5-6H2,1H3. The molecule has 3 unspecified atom stereocenters.